The summed E-state index contributed by atoms with van der Waals surface area (Å²) in [4.78, 5) is 11.2. The van der Waals surface area contributed by atoms with Gasteiger partial charge in [0.1, 0.15) is 11.3 Å². The molecule has 0 saturated heterocycles. The molecule has 0 bridgehead atoms. The first-order valence-corrected chi connectivity index (χ1v) is 4.89. The van der Waals surface area contributed by atoms with Crippen molar-refractivity contribution in [3.05, 3.63) is 35.6 Å². The Balaban J connectivity index is 2.53. The second kappa shape index (κ2) is 3.98. The van der Waals surface area contributed by atoms with Gasteiger partial charge in [0.15, 0.2) is 0 Å². The van der Waals surface area contributed by atoms with E-state index in [1.807, 2.05) is 18.2 Å². The molecule has 0 saturated carbocycles. The highest BCUT2D eigenvalue weighted by Gasteiger charge is 2.25. The van der Waals surface area contributed by atoms with Crippen molar-refractivity contribution < 1.29 is 19.1 Å². The summed E-state index contributed by atoms with van der Waals surface area (Å²) in [6.07, 6.45) is -1.36. The number of hydrogen-bond donors (Lipinski definition) is 1. The topological polar surface area (TPSA) is 59.7 Å². The van der Waals surface area contributed by atoms with Crippen LogP contribution in [0.1, 0.15) is 17.4 Å². The molecule has 0 aliphatic heterocycles. The molecule has 0 radical (unpaired) electrons. The number of hydrogen-bond acceptors (Lipinski definition) is 4. The largest absolute Gasteiger partial charge is 0.467 e. The third-order valence-corrected chi connectivity index (χ3v) is 2.55. The Kier molecular flexibility index (Phi) is 2.66. The second-order valence-corrected chi connectivity index (χ2v) is 3.51. The van der Waals surface area contributed by atoms with E-state index in [1.54, 1.807) is 13.0 Å². The molecule has 16 heavy (non-hydrogen) atoms. The normalized spacial score (nSPS) is 12.7. The van der Waals surface area contributed by atoms with Crippen molar-refractivity contribution >= 4 is 16.9 Å². The van der Waals surface area contributed by atoms with E-state index in [4.69, 9.17) is 4.42 Å². The van der Waals surface area contributed by atoms with Crippen molar-refractivity contribution in [2.24, 2.45) is 0 Å². The molecule has 0 aliphatic carbocycles. The lowest BCUT2D eigenvalue weighted by atomic mass is 10.1. The molecular formula is C12H12O4. The Hall–Kier alpha value is -1.81. The fourth-order valence-electron chi connectivity index (χ4n) is 1.67. The van der Waals surface area contributed by atoms with Crippen LogP contribution in [0.25, 0.3) is 11.0 Å². The molecule has 1 unspecified atom stereocenters. The lowest BCUT2D eigenvalue weighted by Gasteiger charge is -2.05. The van der Waals surface area contributed by atoms with Gasteiger partial charge in [0.2, 0.25) is 6.10 Å². The Morgan fingerprint density at radius 2 is 2.12 bits per heavy atom. The van der Waals surface area contributed by atoms with Crippen LogP contribution < -0.4 is 0 Å². The van der Waals surface area contributed by atoms with Gasteiger partial charge in [-0.15, -0.1) is 0 Å². The SMILES string of the molecule is COC(=O)C(O)c1oc2ccccc2c1C. The van der Waals surface area contributed by atoms with E-state index in [0.29, 0.717) is 5.58 Å². The van der Waals surface area contributed by atoms with Gasteiger partial charge in [-0.05, 0) is 13.0 Å². The molecule has 1 N–H and O–H groups in total. The smallest absolute Gasteiger partial charge is 0.342 e. The number of fused-ring (bicyclic) bond motifs is 1. The monoisotopic (exact) mass is 220 g/mol. The molecule has 0 spiro atoms. The molecule has 0 fully saturated rings. The van der Waals surface area contributed by atoms with Crippen LogP contribution in [0.3, 0.4) is 0 Å². The maximum atomic E-state index is 11.2. The van der Waals surface area contributed by atoms with E-state index in [0.717, 1.165) is 10.9 Å². The highest BCUT2D eigenvalue weighted by molar-refractivity contribution is 5.85. The van der Waals surface area contributed by atoms with Crippen molar-refractivity contribution in [3.63, 3.8) is 0 Å². The van der Waals surface area contributed by atoms with Gasteiger partial charge in [-0.3, -0.25) is 0 Å². The van der Waals surface area contributed by atoms with Gasteiger partial charge in [-0.1, -0.05) is 18.2 Å². The van der Waals surface area contributed by atoms with Gasteiger partial charge in [-0.25, -0.2) is 4.79 Å². The van der Waals surface area contributed by atoms with Crippen LogP contribution in [-0.2, 0) is 9.53 Å². The summed E-state index contributed by atoms with van der Waals surface area (Å²) in [7, 11) is 1.23. The van der Waals surface area contributed by atoms with Gasteiger partial charge in [0.05, 0.1) is 7.11 Å². The number of aliphatic hydroxyl groups is 1. The Morgan fingerprint density at radius 3 is 2.75 bits per heavy atom. The zero-order valence-electron chi connectivity index (χ0n) is 9.06. The summed E-state index contributed by atoms with van der Waals surface area (Å²) in [5.41, 5.74) is 1.41. The van der Waals surface area contributed by atoms with E-state index >= 15 is 0 Å². The van der Waals surface area contributed by atoms with E-state index in [-0.39, 0.29) is 5.76 Å². The molecule has 4 nitrogen and oxygen atoms in total. The zero-order chi connectivity index (χ0) is 11.7. The van der Waals surface area contributed by atoms with Crippen molar-refractivity contribution in [3.8, 4) is 0 Å². The summed E-state index contributed by atoms with van der Waals surface area (Å²) in [6.45, 7) is 1.80. The molecule has 0 aliphatic rings. The molecule has 1 heterocycles. The highest BCUT2D eigenvalue weighted by Crippen LogP contribution is 2.29. The van der Waals surface area contributed by atoms with Crippen LogP contribution in [0.2, 0.25) is 0 Å². The summed E-state index contributed by atoms with van der Waals surface area (Å²) < 4.78 is 9.90. The first-order chi connectivity index (χ1) is 7.65. The van der Waals surface area contributed by atoms with E-state index < -0.39 is 12.1 Å². The van der Waals surface area contributed by atoms with Gasteiger partial charge in [0, 0.05) is 10.9 Å². The summed E-state index contributed by atoms with van der Waals surface area (Å²) in [5, 5.41) is 10.6. The predicted molar refractivity (Wildman–Crippen MR) is 57.9 cm³/mol. The van der Waals surface area contributed by atoms with Gasteiger partial charge in [0.25, 0.3) is 0 Å². The predicted octanol–water partition coefficient (Wildman–Crippen LogP) is 1.95. The van der Waals surface area contributed by atoms with Gasteiger partial charge < -0.3 is 14.3 Å². The van der Waals surface area contributed by atoms with Crippen LogP contribution in [0.15, 0.2) is 28.7 Å². The zero-order valence-corrected chi connectivity index (χ0v) is 9.06. The number of aryl methyl sites for hydroxylation is 1. The number of esters is 1. The van der Waals surface area contributed by atoms with Gasteiger partial charge >= 0.3 is 5.97 Å². The van der Waals surface area contributed by atoms with Crippen LogP contribution in [0.5, 0.6) is 0 Å². The maximum absolute atomic E-state index is 11.2. The van der Waals surface area contributed by atoms with E-state index in [2.05, 4.69) is 4.74 Å². The quantitative estimate of drug-likeness (QED) is 0.786. The van der Waals surface area contributed by atoms with Crippen molar-refractivity contribution in [1.29, 1.82) is 0 Å². The second-order valence-electron chi connectivity index (χ2n) is 3.51. The van der Waals surface area contributed by atoms with Crippen LogP contribution in [-0.4, -0.2) is 18.2 Å². The summed E-state index contributed by atoms with van der Waals surface area (Å²) in [6, 6.07) is 7.37. The average Bonchev–Trinajstić information content (AvgIpc) is 2.65. The molecule has 1 aromatic heterocycles. The fraction of sp³-hybridized carbons (Fsp3) is 0.250. The third kappa shape index (κ3) is 1.57. The molecular weight excluding hydrogens is 208 g/mol. The molecule has 1 aromatic carbocycles. The number of carbonyl (C=O) groups is 1. The first-order valence-electron chi connectivity index (χ1n) is 4.89. The Bertz CT molecular complexity index is 527. The number of methoxy groups -OCH3 is 1. The number of aliphatic hydroxyl groups excluding tert-OH is 1. The van der Waals surface area contributed by atoms with Crippen LogP contribution in [0, 0.1) is 6.92 Å². The third-order valence-electron chi connectivity index (χ3n) is 2.55. The lowest BCUT2D eigenvalue weighted by molar-refractivity contribution is -0.151. The standard InChI is InChI=1S/C12H12O4/c1-7-8-5-3-4-6-9(8)16-11(7)10(13)12(14)15-2/h3-6,10,13H,1-2H3. The number of benzene rings is 1. The van der Waals surface area contributed by atoms with E-state index in [9.17, 15) is 9.90 Å². The van der Waals surface area contributed by atoms with Crippen LogP contribution in [0.4, 0.5) is 0 Å². The Labute approximate surface area is 92.4 Å². The first kappa shape index (κ1) is 10.7. The fourth-order valence-corrected chi connectivity index (χ4v) is 1.67. The van der Waals surface area contributed by atoms with E-state index in [1.165, 1.54) is 7.11 Å². The number of ether oxygens (including phenoxy) is 1. The van der Waals surface area contributed by atoms with Crippen molar-refractivity contribution in [2.75, 3.05) is 7.11 Å². The van der Waals surface area contributed by atoms with Crippen LogP contribution >= 0.6 is 0 Å². The summed E-state index contributed by atoms with van der Waals surface area (Å²) in [5.74, 6) is -0.477. The average molecular weight is 220 g/mol. The minimum absolute atomic E-state index is 0.244. The van der Waals surface area contributed by atoms with Crippen molar-refractivity contribution in [1.82, 2.24) is 0 Å². The lowest BCUT2D eigenvalue weighted by Crippen LogP contribution is -2.13. The minimum atomic E-state index is -1.36. The number of carbonyl (C=O) groups excluding carboxylic acids is 1. The number of rotatable bonds is 2. The van der Waals surface area contributed by atoms with Gasteiger partial charge in [-0.2, -0.15) is 0 Å². The minimum Gasteiger partial charge on any atom is -0.467 e. The number of furan rings is 1. The highest BCUT2D eigenvalue weighted by atomic mass is 16.5. The molecule has 1 atom stereocenters. The molecule has 2 rings (SSSR count). The molecule has 2 aromatic rings. The number of para-hydroxylation sites is 1. The maximum Gasteiger partial charge on any atom is 0.342 e. The Morgan fingerprint density at radius 1 is 1.44 bits per heavy atom. The molecule has 84 valence electrons. The van der Waals surface area contributed by atoms with Crippen molar-refractivity contribution in [2.45, 2.75) is 13.0 Å². The molecule has 4 heteroatoms. The summed E-state index contributed by atoms with van der Waals surface area (Å²) >= 11 is 0. The molecule has 0 amide bonds.